The fourth-order valence-electron chi connectivity index (χ4n) is 3.73. The molecular weight excluding hydrogens is 407 g/mol. The van der Waals surface area contributed by atoms with Gasteiger partial charge in [0.05, 0.1) is 0 Å². The topological polar surface area (TPSA) is 64.3 Å². The molecule has 0 amide bonds. The summed E-state index contributed by atoms with van der Waals surface area (Å²) in [5.74, 6) is 2.16. The van der Waals surface area contributed by atoms with Gasteiger partial charge in [0.1, 0.15) is 12.4 Å². The van der Waals surface area contributed by atoms with Crippen molar-refractivity contribution >= 4 is 42.2 Å². The number of rotatable bonds is 4. The van der Waals surface area contributed by atoms with Gasteiger partial charge in [0.25, 0.3) is 0 Å². The molecule has 1 aliphatic heterocycles. The Kier molecular flexibility index (Phi) is 7.72. The monoisotopic (exact) mass is 430 g/mol. The van der Waals surface area contributed by atoms with Gasteiger partial charge < -0.3 is 15.4 Å². The lowest BCUT2D eigenvalue weighted by atomic mass is 9.78. The van der Waals surface area contributed by atoms with Crippen molar-refractivity contribution in [1.29, 1.82) is 0 Å². The van der Waals surface area contributed by atoms with Crippen molar-refractivity contribution in [3.8, 4) is 0 Å². The molecule has 1 aromatic heterocycles. The Bertz CT molecular complexity index is 784. The second-order valence-electron chi connectivity index (χ2n) is 6.98. The van der Waals surface area contributed by atoms with Gasteiger partial charge in [0.15, 0.2) is 5.82 Å². The zero-order chi connectivity index (χ0) is 17.4. The first-order valence-corrected chi connectivity index (χ1v) is 9.15. The van der Waals surface area contributed by atoms with Gasteiger partial charge in [-0.1, -0.05) is 23.7 Å². The van der Waals surface area contributed by atoms with E-state index in [9.17, 15) is 0 Å². The summed E-state index contributed by atoms with van der Waals surface area (Å²) >= 11 is 6.34. The third kappa shape index (κ3) is 4.66. The Morgan fingerprint density at radius 2 is 2.04 bits per heavy atom. The van der Waals surface area contributed by atoms with Gasteiger partial charge in [-0.05, 0) is 36.5 Å². The van der Waals surface area contributed by atoms with Crippen molar-refractivity contribution in [3.05, 3.63) is 51.9 Å². The predicted molar refractivity (Wildman–Crippen MR) is 113 cm³/mol. The van der Waals surface area contributed by atoms with E-state index in [0.717, 1.165) is 54.7 Å². The van der Waals surface area contributed by atoms with Crippen molar-refractivity contribution in [2.75, 3.05) is 18.6 Å². The van der Waals surface area contributed by atoms with Crippen LogP contribution in [0.25, 0.3) is 0 Å². The largest absolute Gasteiger partial charge is 0.377 e. The smallest absolute Gasteiger partial charge is 0.156 e. The zero-order valence-electron chi connectivity index (χ0n) is 15.2. The van der Waals surface area contributed by atoms with Gasteiger partial charge in [0, 0.05) is 48.9 Å². The molecule has 2 aliphatic rings. The third-order valence-electron chi connectivity index (χ3n) is 5.18. The van der Waals surface area contributed by atoms with Crippen LogP contribution in [0, 0.1) is 0 Å². The normalized spacial score (nSPS) is 20.8. The molecule has 2 N–H and O–H groups in total. The Labute approximate surface area is 177 Å². The minimum absolute atomic E-state index is 0. The van der Waals surface area contributed by atoms with Crippen LogP contribution in [0.2, 0.25) is 5.02 Å². The molecule has 0 bridgehead atoms. The summed E-state index contributed by atoms with van der Waals surface area (Å²) in [6.45, 7) is 2.16. The van der Waals surface area contributed by atoms with Crippen molar-refractivity contribution in [2.45, 2.75) is 44.4 Å². The number of nitrogens with zero attached hydrogens (tertiary/aromatic N) is 3. The minimum atomic E-state index is 0. The zero-order valence-corrected chi connectivity index (χ0v) is 17.6. The van der Waals surface area contributed by atoms with Crippen LogP contribution in [0.15, 0.2) is 24.3 Å². The lowest BCUT2D eigenvalue weighted by molar-refractivity contribution is 0.177. The maximum atomic E-state index is 6.34. The van der Waals surface area contributed by atoms with Crippen molar-refractivity contribution in [1.82, 2.24) is 9.97 Å². The molecule has 1 aromatic carbocycles. The van der Waals surface area contributed by atoms with Crippen molar-refractivity contribution in [3.63, 3.8) is 0 Å². The van der Waals surface area contributed by atoms with E-state index in [1.165, 1.54) is 11.1 Å². The van der Waals surface area contributed by atoms with E-state index in [1.807, 2.05) is 12.1 Å². The highest BCUT2D eigenvalue weighted by atomic mass is 35.5. The number of fused-ring (bicyclic) bond motifs is 1. The Morgan fingerprint density at radius 3 is 2.74 bits per heavy atom. The van der Waals surface area contributed by atoms with Gasteiger partial charge in [-0.15, -0.1) is 24.8 Å². The quantitative estimate of drug-likeness (QED) is 0.795. The van der Waals surface area contributed by atoms with Gasteiger partial charge >= 0.3 is 0 Å². The molecule has 1 fully saturated rings. The number of nitrogens with two attached hydrogens (primary N) is 1. The highest BCUT2D eigenvalue weighted by molar-refractivity contribution is 6.31. The number of hydrogen-bond acceptors (Lipinski definition) is 5. The van der Waals surface area contributed by atoms with E-state index in [0.29, 0.717) is 18.6 Å². The molecule has 27 heavy (non-hydrogen) atoms. The number of anilines is 1. The van der Waals surface area contributed by atoms with E-state index in [-0.39, 0.29) is 24.8 Å². The summed E-state index contributed by atoms with van der Waals surface area (Å²) in [5, 5.41) is 0.865. The number of benzene rings is 1. The first-order valence-electron chi connectivity index (χ1n) is 8.77. The molecule has 4 rings (SSSR count). The van der Waals surface area contributed by atoms with Crippen molar-refractivity contribution in [2.24, 2.45) is 5.73 Å². The van der Waals surface area contributed by atoms with Crippen LogP contribution < -0.4 is 10.6 Å². The van der Waals surface area contributed by atoms with Gasteiger partial charge in [0.2, 0.25) is 0 Å². The number of methoxy groups -OCH3 is 1. The molecule has 0 unspecified atom stereocenters. The molecule has 0 radical (unpaired) electrons. The lowest BCUT2D eigenvalue weighted by Gasteiger charge is -2.34. The Hall–Kier alpha value is -1.11. The molecule has 8 heteroatoms. The highest BCUT2D eigenvalue weighted by Crippen LogP contribution is 2.36. The molecule has 0 atom stereocenters. The summed E-state index contributed by atoms with van der Waals surface area (Å²) in [7, 11) is 1.67. The molecule has 5 nitrogen and oxygen atoms in total. The van der Waals surface area contributed by atoms with Gasteiger partial charge in [-0.25, -0.2) is 9.97 Å². The standard InChI is InChI=1S/C19H23ClN4O.2ClH/c1-25-11-18-22-17(13-7-14(21)8-13)9-19(23-18)24-6-5-15-12(10-24)3-2-4-16(15)20;;/h2-4,9,13-14H,5-8,10-11,21H2,1H3;2*1H. The van der Waals surface area contributed by atoms with E-state index < -0.39 is 0 Å². The molecule has 1 saturated carbocycles. The van der Waals surface area contributed by atoms with Gasteiger partial charge in [-0.3, -0.25) is 0 Å². The molecule has 2 aromatic rings. The second kappa shape index (κ2) is 9.39. The Morgan fingerprint density at radius 1 is 1.26 bits per heavy atom. The number of hydrogen-bond donors (Lipinski definition) is 1. The van der Waals surface area contributed by atoms with E-state index >= 15 is 0 Å². The maximum Gasteiger partial charge on any atom is 0.156 e. The molecular formula is C19H25Cl3N4O. The van der Waals surface area contributed by atoms with E-state index in [1.54, 1.807) is 7.11 Å². The lowest BCUT2D eigenvalue weighted by Crippen LogP contribution is -2.36. The maximum absolute atomic E-state index is 6.34. The summed E-state index contributed by atoms with van der Waals surface area (Å²) in [6, 6.07) is 8.57. The second-order valence-corrected chi connectivity index (χ2v) is 7.38. The van der Waals surface area contributed by atoms with Crippen LogP contribution in [0.5, 0.6) is 0 Å². The summed E-state index contributed by atoms with van der Waals surface area (Å²) < 4.78 is 5.26. The SMILES string of the molecule is COCc1nc(C2CC(N)C2)cc(N2CCc3c(Cl)cccc3C2)n1.Cl.Cl. The summed E-state index contributed by atoms with van der Waals surface area (Å²) in [4.78, 5) is 11.7. The molecule has 1 aliphatic carbocycles. The van der Waals surface area contributed by atoms with Crippen LogP contribution >= 0.6 is 36.4 Å². The summed E-state index contributed by atoms with van der Waals surface area (Å²) in [5.41, 5.74) is 9.59. The predicted octanol–water partition coefficient (Wildman–Crippen LogP) is 3.89. The Balaban J connectivity index is 0.00000131. The molecule has 148 valence electrons. The van der Waals surface area contributed by atoms with Gasteiger partial charge in [-0.2, -0.15) is 0 Å². The van der Waals surface area contributed by atoms with Crippen molar-refractivity contribution < 1.29 is 4.74 Å². The van der Waals surface area contributed by atoms with Crippen LogP contribution in [-0.4, -0.2) is 29.7 Å². The van der Waals surface area contributed by atoms with Crippen LogP contribution in [-0.2, 0) is 24.3 Å². The molecule has 0 spiro atoms. The number of aromatic nitrogens is 2. The van der Waals surface area contributed by atoms with Crippen LogP contribution in [0.3, 0.4) is 0 Å². The molecule has 2 heterocycles. The minimum Gasteiger partial charge on any atom is -0.377 e. The van der Waals surface area contributed by atoms with Crippen LogP contribution in [0.4, 0.5) is 5.82 Å². The fourth-order valence-corrected chi connectivity index (χ4v) is 4.02. The molecule has 0 saturated heterocycles. The van der Waals surface area contributed by atoms with E-state index in [4.69, 9.17) is 32.0 Å². The fraction of sp³-hybridized carbons (Fsp3) is 0.474. The number of halogens is 3. The summed E-state index contributed by atoms with van der Waals surface area (Å²) in [6.07, 6.45) is 2.94. The third-order valence-corrected chi connectivity index (χ3v) is 5.53. The first-order chi connectivity index (χ1) is 12.1. The average molecular weight is 432 g/mol. The number of ether oxygens (including phenoxy) is 1. The first kappa shape index (κ1) is 22.2. The average Bonchev–Trinajstić information content (AvgIpc) is 2.59. The van der Waals surface area contributed by atoms with Crippen LogP contribution in [0.1, 0.15) is 41.4 Å². The highest BCUT2D eigenvalue weighted by Gasteiger charge is 2.30. The van der Waals surface area contributed by atoms with E-state index in [2.05, 4.69) is 17.0 Å².